The van der Waals surface area contributed by atoms with E-state index in [4.69, 9.17) is 21.1 Å². The fraction of sp³-hybridized carbons (Fsp3) is 0.294. The van der Waals surface area contributed by atoms with Crippen LogP contribution in [0.1, 0.15) is 11.1 Å². The molecule has 112 valence electrons. The van der Waals surface area contributed by atoms with Crippen molar-refractivity contribution < 1.29 is 9.47 Å². The molecule has 1 N–H and O–H groups in total. The maximum atomic E-state index is 6.12. The second-order valence-electron chi connectivity index (χ2n) is 4.71. The molecule has 0 aliphatic heterocycles. The SMILES string of the molecule is COc1ccc(CCNCc2ccccc2Cl)cc1OC. The lowest BCUT2D eigenvalue weighted by Crippen LogP contribution is -2.16. The van der Waals surface area contributed by atoms with Crippen molar-refractivity contribution in [3.05, 3.63) is 58.6 Å². The zero-order valence-corrected chi connectivity index (χ0v) is 13.1. The average Bonchev–Trinajstić information content (AvgIpc) is 2.52. The Bertz CT molecular complexity index is 587. The van der Waals surface area contributed by atoms with Crippen LogP contribution in [0.15, 0.2) is 42.5 Å². The fourth-order valence-corrected chi connectivity index (χ4v) is 2.34. The molecule has 0 saturated heterocycles. The number of methoxy groups -OCH3 is 2. The van der Waals surface area contributed by atoms with Gasteiger partial charge in [-0.05, 0) is 42.3 Å². The maximum absolute atomic E-state index is 6.12. The molecule has 0 unspecified atom stereocenters. The number of rotatable bonds is 7. The van der Waals surface area contributed by atoms with Crippen molar-refractivity contribution in [2.45, 2.75) is 13.0 Å². The number of ether oxygens (including phenoxy) is 2. The zero-order valence-electron chi connectivity index (χ0n) is 12.4. The molecule has 0 atom stereocenters. The highest BCUT2D eigenvalue weighted by molar-refractivity contribution is 6.31. The topological polar surface area (TPSA) is 30.5 Å². The molecular formula is C17H20ClNO2. The molecule has 0 aliphatic carbocycles. The van der Waals surface area contributed by atoms with E-state index < -0.39 is 0 Å². The van der Waals surface area contributed by atoms with E-state index in [2.05, 4.69) is 11.4 Å². The summed E-state index contributed by atoms with van der Waals surface area (Å²) in [4.78, 5) is 0. The highest BCUT2D eigenvalue weighted by Gasteiger charge is 2.04. The Morgan fingerprint density at radius 3 is 2.48 bits per heavy atom. The van der Waals surface area contributed by atoms with Gasteiger partial charge >= 0.3 is 0 Å². The standard InChI is InChI=1S/C17H20ClNO2/c1-20-16-8-7-13(11-17(16)21-2)9-10-19-12-14-5-3-4-6-15(14)18/h3-8,11,19H,9-10,12H2,1-2H3. The first-order valence-corrected chi connectivity index (χ1v) is 7.27. The Morgan fingerprint density at radius 1 is 1.00 bits per heavy atom. The van der Waals surface area contributed by atoms with Crippen molar-refractivity contribution in [1.29, 1.82) is 0 Å². The van der Waals surface area contributed by atoms with E-state index in [1.54, 1.807) is 14.2 Å². The highest BCUT2D eigenvalue weighted by atomic mass is 35.5. The molecule has 0 saturated carbocycles. The first kappa shape index (κ1) is 15.7. The predicted octanol–water partition coefficient (Wildman–Crippen LogP) is 3.69. The minimum Gasteiger partial charge on any atom is -0.493 e. The highest BCUT2D eigenvalue weighted by Crippen LogP contribution is 2.27. The van der Waals surface area contributed by atoms with E-state index in [0.717, 1.165) is 41.6 Å². The van der Waals surface area contributed by atoms with Crippen molar-refractivity contribution in [2.24, 2.45) is 0 Å². The van der Waals surface area contributed by atoms with Gasteiger partial charge in [0.2, 0.25) is 0 Å². The summed E-state index contributed by atoms with van der Waals surface area (Å²) in [5.41, 5.74) is 2.32. The molecule has 0 bridgehead atoms. The monoisotopic (exact) mass is 305 g/mol. The van der Waals surface area contributed by atoms with Crippen molar-refractivity contribution in [2.75, 3.05) is 20.8 Å². The summed E-state index contributed by atoms with van der Waals surface area (Å²) < 4.78 is 10.5. The molecule has 0 heterocycles. The van der Waals surface area contributed by atoms with Gasteiger partial charge in [-0.25, -0.2) is 0 Å². The summed E-state index contributed by atoms with van der Waals surface area (Å²) in [5, 5.41) is 4.20. The van der Waals surface area contributed by atoms with Crippen LogP contribution in [-0.4, -0.2) is 20.8 Å². The summed E-state index contributed by atoms with van der Waals surface area (Å²) in [6.45, 7) is 1.65. The molecule has 0 spiro atoms. The summed E-state index contributed by atoms with van der Waals surface area (Å²) >= 11 is 6.12. The van der Waals surface area contributed by atoms with Crippen LogP contribution in [0.25, 0.3) is 0 Å². The molecule has 0 aromatic heterocycles. The quantitative estimate of drug-likeness (QED) is 0.791. The molecule has 0 amide bonds. The number of hydrogen-bond donors (Lipinski definition) is 1. The first-order valence-electron chi connectivity index (χ1n) is 6.89. The number of nitrogens with one attached hydrogen (secondary N) is 1. The lowest BCUT2D eigenvalue weighted by Gasteiger charge is -2.10. The van der Waals surface area contributed by atoms with Crippen LogP contribution < -0.4 is 14.8 Å². The van der Waals surface area contributed by atoms with Crippen molar-refractivity contribution in [3.63, 3.8) is 0 Å². The van der Waals surface area contributed by atoms with E-state index >= 15 is 0 Å². The molecule has 0 fully saturated rings. The summed E-state index contributed by atoms with van der Waals surface area (Å²) in [6.07, 6.45) is 0.921. The van der Waals surface area contributed by atoms with Crippen LogP contribution in [0.3, 0.4) is 0 Å². The van der Waals surface area contributed by atoms with Crippen molar-refractivity contribution in [1.82, 2.24) is 5.32 Å². The van der Waals surface area contributed by atoms with Gasteiger partial charge in [-0.2, -0.15) is 0 Å². The Labute approximate surface area is 130 Å². The summed E-state index contributed by atoms with van der Waals surface area (Å²) in [7, 11) is 3.29. The molecule has 21 heavy (non-hydrogen) atoms. The third kappa shape index (κ3) is 4.38. The van der Waals surface area contributed by atoms with Gasteiger partial charge in [-0.15, -0.1) is 0 Å². The largest absolute Gasteiger partial charge is 0.493 e. The van der Waals surface area contributed by atoms with Crippen LogP contribution in [0.2, 0.25) is 5.02 Å². The lowest BCUT2D eigenvalue weighted by molar-refractivity contribution is 0.354. The number of benzene rings is 2. The minimum absolute atomic E-state index is 0.755. The molecule has 2 aromatic rings. The van der Waals surface area contributed by atoms with Gasteiger partial charge in [-0.1, -0.05) is 35.9 Å². The van der Waals surface area contributed by atoms with Crippen molar-refractivity contribution >= 4 is 11.6 Å². The first-order chi connectivity index (χ1) is 10.2. The summed E-state index contributed by atoms with van der Waals surface area (Å²) in [5.74, 6) is 1.52. The normalized spacial score (nSPS) is 10.4. The zero-order chi connectivity index (χ0) is 15.1. The van der Waals surface area contributed by atoms with Crippen LogP contribution in [0.4, 0.5) is 0 Å². The molecule has 2 aromatic carbocycles. The Kier molecular flexibility index (Phi) is 5.90. The Balaban J connectivity index is 1.85. The van der Waals surface area contributed by atoms with Gasteiger partial charge in [0.1, 0.15) is 0 Å². The second kappa shape index (κ2) is 7.91. The third-order valence-corrected chi connectivity index (χ3v) is 3.68. The summed E-state index contributed by atoms with van der Waals surface area (Å²) in [6, 6.07) is 13.9. The molecule has 0 radical (unpaired) electrons. The van der Waals surface area contributed by atoms with Crippen LogP contribution >= 0.6 is 11.6 Å². The Morgan fingerprint density at radius 2 is 1.76 bits per heavy atom. The van der Waals surface area contributed by atoms with E-state index in [-0.39, 0.29) is 0 Å². The molecular weight excluding hydrogens is 286 g/mol. The van der Waals surface area contributed by atoms with Crippen LogP contribution in [0.5, 0.6) is 11.5 Å². The van der Waals surface area contributed by atoms with Gasteiger partial charge in [0.05, 0.1) is 14.2 Å². The van der Waals surface area contributed by atoms with Gasteiger partial charge in [-0.3, -0.25) is 0 Å². The van der Waals surface area contributed by atoms with E-state index in [9.17, 15) is 0 Å². The molecule has 3 nitrogen and oxygen atoms in total. The van der Waals surface area contributed by atoms with Gasteiger partial charge in [0.25, 0.3) is 0 Å². The van der Waals surface area contributed by atoms with Gasteiger partial charge in [0, 0.05) is 11.6 Å². The maximum Gasteiger partial charge on any atom is 0.160 e. The number of halogens is 1. The lowest BCUT2D eigenvalue weighted by atomic mass is 10.1. The molecule has 2 rings (SSSR count). The predicted molar refractivity (Wildman–Crippen MR) is 86.4 cm³/mol. The van der Waals surface area contributed by atoms with Crippen molar-refractivity contribution in [3.8, 4) is 11.5 Å². The van der Waals surface area contributed by atoms with Crippen LogP contribution in [-0.2, 0) is 13.0 Å². The molecule has 0 aliphatic rings. The third-order valence-electron chi connectivity index (χ3n) is 3.31. The van der Waals surface area contributed by atoms with E-state index in [1.807, 2.05) is 36.4 Å². The minimum atomic E-state index is 0.755. The number of hydrogen-bond acceptors (Lipinski definition) is 3. The van der Waals surface area contributed by atoms with Gasteiger partial charge in [0.15, 0.2) is 11.5 Å². The van der Waals surface area contributed by atoms with Crippen LogP contribution in [0, 0.1) is 0 Å². The molecule has 4 heteroatoms. The Hall–Kier alpha value is -1.71. The average molecular weight is 306 g/mol. The van der Waals surface area contributed by atoms with E-state index in [0.29, 0.717) is 0 Å². The fourth-order valence-electron chi connectivity index (χ4n) is 2.13. The van der Waals surface area contributed by atoms with Gasteiger partial charge < -0.3 is 14.8 Å². The second-order valence-corrected chi connectivity index (χ2v) is 5.11. The smallest absolute Gasteiger partial charge is 0.160 e. The van der Waals surface area contributed by atoms with E-state index in [1.165, 1.54) is 5.56 Å².